The number of hydrogen-bond acceptors (Lipinski definition) is 4. The standard InChI is InChI=1S/C18H23NO5/c20-17(21)7-8-19(11-15-5-3-9-23-15)18(22)14-10-13-4-1-2-6-16(13)24-12-14/h1-2,4,6,14-15H,3,5,7-12H2,(H,20,21)/t14-,15+/m0/s1. The topological polar surface area (TPSA) is 76.1 Å². The normalized spacial score (nSPS) is 22.5. The molecule has 6 nitrogen and oxygen atoms in total. The molecule has 1 aromatic rings. The second kappa shape index (κ2) is 7.66. The van der Waals surface area contributed by atoms with Crippen LogP contribution < -0.4 is 4.74 Å². The minimum Gasteiger partial charge on any atom is -0.492 e. The number of carboxylic acid groups (broad SMARTS) is 1. The van der Waals surface area contributed by atoms with E-state index in [0.29, 0.717) is 26.2 Å². The van der Waals surface area contributed by atoms with Crippen LogP contribution in [0.5, 0.6) is 5.75 Å². The molecule has 1 fully saturated rings. The summed E-state index contributed by atoms with van der Waals surface area (Å²) in [5, 5.41) is 8.95. The highest BCUT2D eigenvalue weighted by Gasteiger charge is 2.31. The zero-order valence-corrected chi connectivity index (χ0v) is 13.6. The fourth-order valence-corrected chi connectivity index (χ4v) is 3.30. The summed E-state index contributed by atoms with van der Waals surface area (Å²) in [4.78, 5) is 25.5. The molecule has 2 aliphatic rings. The van der Waals surface area contributed by atoms with Gasteiger partial charge in [0.05, 0.1) is 18.4 Å². The Bertz CT molecular complexity index is 597. The number of carbonyl (C=O) groups excluding carboxylic acids is 1. The fourth-order valence-electron chi connectivity index (χ4n) is 3.30. The summed E-state index contributed by atoms with van der Waals surface area (Å²) in [6.07, 6.45) is 2.50. The number of para-hydroxylation sites is 1. The first-order valence-electron chi connectivity index (χ1n) is 8.46. The largest absolute Gasteiger partial charge is 0.492 e. The van der Waals surface area contributed by atoms with E-state index in [2.05, 4.69) is 0 Å². The lowest BCUT2D eigenvalue weighted by atomic mass is 9.95. The predicted molar refractivity (Wildman–Crippen MR) is 86.9 cm³/mol. The molecule has 0 radical (unpaired) electrons. The van der Waals surface area contributed by atoms with Crippen molar-refractivity contribution >= 4 is 11.9 Å². The van der Waals surface area contributed by atoms with Gasteiger partial charge in [-0.15, -0.1) is 0 Å². The summed E-state index contributed by atoms with van der Waals surface area (Å²) in [6, 6.07) is 7.72. The van der Waals surface area contributed by atoms with Crippen LogP contribution in [0.1, 0.15) is 24.8 Å². The number of rotatable bonds is 6. The van der Waals surface area contributed by atoms with Crippen LogP contribution in [0.2, 0.25) is 0 Å². The number of amides is 1. The zero-order valence-electron chi connectivity index (χ0n) is 13.6. The van der Waals surface area contributed by atoms with Crippen molar-refractivity contribution in [3.63, 3.8) is 0 Å². The molecular formula is C18H23NO5. The Morgan fingerprint density at radius 3 is 2.88 bits per heavy atom. The molecule has 2 heterocycles. The lowest BCUT2D eigenvalue weighted by Gasteiger charge is -2.31. The molecule has 3 rings (SSSR count). The number of carbonyl (C=O) groups is 2. The number of benzene rings is 1. The summed E-state index contributed by atoms with van der Waals surface area (Å²) in [7, 11) is 0. The third kappa shape index (κ3) is 4.06. The maximum absolute atomic E-state index is 12.9. The molecule has 2 aliphatic heterocycles. The Hall–Kier alpha value is -2.08. The van der Waals surface area contributed by atoms with Gasteiger partial charge in [0.15, 0.2) is 0 Å². The van der Waals surface area contributed by atoms with E-state index in [-0.39, 0.29) is 30.9 Å². The minimum atomic E-state index is -0.898. The van der Waals surface area contributed by atoms with Gasteiger partial charge in [0, 0.05) is 19.7 Å². The number of hydrogen-bond donors (Lipinski definition) is 1. The molecule has 0 bridgehead atoms. The lowest BCUT2D eigenvalue weighted by molar-refractivity contribution is -0.141. The van der Waals surface area contributed by atoms with Crippen molar-refractivity contribution in [2.75, 3.05) is 26.3 Å². The van der Waals surface area contributed by atoms with Gasteiger partial charge in [0.1, 0.15) is 12.4 Å². The third-order valence-electron chi connectivity index (χ3n) is 4.58. The van der Waals surface area contributed by atoms with Crippen LogP contribution in [0.15, 0.2) is 24.3 Å². The molecule has 1 amide bonds. The van der Waals surface area contributed by atoms with Gasteiger partial charge in [-0.2, -0.15) is 0 Å². The number of carboxylic acids is 1. The first-order valence-corrected chi connectivity index (χ1v) is 8.46. The molecular weight excluding hydrogens is 310 g/mol. The molecule has 6 heteroatoms. The van der Waals surface area contributed by atoms with Gasteiger partial charge in [0.2, 0.25) is 5.91 Å². The second-order valence-electron chi connectivity index (χ2n) is 6.38. The van der Waals surface area contributed by atoms with Gasteiger partial charge >= 0.3 is 5.97 Å². The van der Waals surface area contributed by atoms with Crippen molar-refractivity contribution in [1.82, 2.24) is 4.90 Å². The first-order chi connectivity index (χ1) is 11.6. The Labute approximate surface area is 141 Å². The van der Waals surface area contributed by atoms with Gasteiger partial charge < -0.3 is 19.5 Å². The van der Waals surface area contributed by atoms with E-state index >= 15 is 0 Å². The Balaban J connectivity index is 1.66. The minimum absolute atomic E-state index is 0.0135. The molecule has 0 saturated carbocycles. The van der Waals surface area contributed by atoms with E-state index in [9.17, 15) is 9.59 Å². The lowest BCUT2D eigenvalue weighted by Crippen LogP contribution is -2.45. The average Bonchev–Trinajstić information content (AvgIpc) is 3.10. The SMILES string of the molecule is O=C(O)CCN(C[C@H]1CCCO1)C(=O)[C@@H]1COc2ccccc2C1. The van der Waals surface area contributed by atoms with E-state index in [0.717, 1.165) is 24.2 Å². The Kier molecular flexibility index (Phi) is 5.35. The quantitative estimate of drug-likeness (QED) is 0.858. The van der Waals surface area contributed by atoms with Crippen LogP contribution in [0, 0.1) is 5.92 Å². The zero-order chi connectivity index (χ0) is 16.9. The van der Waals surface area contributed by atoms with Crippen molar-refractivity contribution in [3.8, 4) is 5.75 Å². The van der Waals surface area contributed by atoms with Gasteiger partial charge in [-0.1, -0.05) is 18.2 Å². The molecule has 1 saturated heterocycles. The number of nitrogens with zero attached hydrogens (tertiary/aromatic N) is 1. The molecule has 0 spiro atoms. The maximum atomic E-state index is 12.9. The monoisotopic (exact) mass is 333 g/mol. The number of ether oxygens (including phenoxy) is 2. The van der Waals surface area contributed by atoms with Crippen LogP contribution in [0.25, 0.3) is 0 Å². The van der Waals surface area contributed by atoms with Crippen LogP contribution in [-0.2, 0) is 20.7 Å². The number of fused-ring (bicyclic) bond motifs is 1. The van der Waals surface area contributed by atoms with Crippen molar-refractivity contribution in [2.24, 2.45) is 5.92 Å². The molecule has 0 aromatic heterocycles. The molecule has 1 aromatic carbocycles. The summed E-state index contributed by atoms with van der Waals surface area (Å²) < 4.78 is 11.3. The van der Waals surface area contributed by atoms with Gasteiger partial charge in [-0.3, -0.25) is 9.59 Å². The Morgan fingerprint density at radius 1 is 1.29 bits per heavy atom. The predicted octanol–water partition coefficient (Wildman–Crippen LogP) is 1.72. The highest BCUT2D eigenvalue weighted by atomic mass is 16.5. The Morgan fingerprint density at radius 2 is 2.12 bits per heavy atom. The molecule has 1 N–H and O–H groups in total. The molecule has 0 unspecified atom stereocenters. The third-order valence-corrected chi connectivity index (χ3v) is 4.58. The van der Waals surface area contributed by atoms with Gasteiger partial charge in [0.25, 0.3) is 0 Å². The fraction of sp³-hybridized carbons (Fsp3) is 0.556. The number of aliphatic carboxylic acids is 1. The average molecular weight is 333 g/mol. The van der Waals surface area contributed by atoms with E-state index in [1.807, 2.05) is 24.3 Å². The molecule has 24 heavy (non-hydrogen) atoms. The summed E-state index contributed by atoms with van der Waals surface area (Å²) in [6.45, 7) is 1.73. The summed E-state index contributed by atoms with van der Waals surface area (Å²) >= 11 is 0. The van der Waals surface area contributed by atoms with Crippen LogP contribution in [0.3, 0.4) is 0 Å². The highest BCUT2D eigenvalue weighted by Crippen LogP contribution is 2.28. The van der Waals surface area contributed by atoms with Crippen molar-refractivity contribution in [3.05, 3.63) is 29.8 Å². The first kappa shape index (κ1) is 16.8. The molecule has 2 atom stereocenters. The van der Waals surface area contributed by atoms with E-state index in [4.69, 9.17) is 14.6 Å². The second-order valence-corrected chi connectivity index (χ2v) is 6.38. The van der Waals surface area contributed by atoms with Gasteiger partial charge in [-0.25, -0.2) is 0 Å². The molecule has 0 aliphatic carbocycles. The van der Waals surface area contributed by atoms with Crippen molar-refractivity contribution < 1.29 is 24.2 Å². The van der Waals surface area contributed by atoms with Gasteiger partial charge in [-0.05, 0) is 30.9 Å². The van der Waals surface area contributed by atoms with E-state index in [1.165, 1.54) is 0 Å². The van der Waals surface area contributed by atoms with Crippen LogP contribution in [-0.4, -0.2) is 54.3 Å². The molecule has 130 valence electrons. The summed E-state index contributed by atoms with van der Waals surface area (Å²) in [5.74, 6) is -0.375. The van der Waals surface area contributed by atoms with E-state index < -0.39 is 5.97 Å². The highest BCUT2D eigenvalue weighted by molar-refractivity contribution is 5.80. The van der Waals surface area contributed by atoms with Crippen LogP contribution in [0.4, 0.5) is 0 Å². The van der Waals surface area contributed by atoms with Crippen molar-refractivity contribution in [2.45, 2.75) is 31.8 Å². The van der Waals surface area contributed by atoms with E-state index in [1.54, 1.807) is 4.90 Å². The summed E-state index contributed by atoms with van der Waals surface area (Å²) in [5.41, 5.74) is 1.03. The maximum Gasteiger partial charge on any atom is 0.305 e. The van der Waals surface area contributed by atoms with Crippen molar-refractivity contribution in [1.29, 1.82) is 0 Å². The van der Waals surface area contributed by atoms with Crippen LogP contribution >= 0.6 is 0 Å². The smallest absolute Gasteiger partial charge is 0.305 e.